The van der Waals surface area contributed by atoms with Crippen LogP contribution in [0, 0.1) is 11.3 Å². The minimum atomic E-state index is -0.1000. The number of benzene rings is 1. The van der Waals surface area contributed by atoms with Crippen molar-refractivity contribution in [1.82, 2.24) is 0 Å². The Morgan fingerprint density at radius 2 is 2.44 bits per heavy atom. The summed E-state index contributed by atoms with van der Waals surface area (Å²) in [6.07, 6.45) is 1.74. The van der Waals surface area contributed by atoms with Crippen LogP contribution in [-0.2, 0) is 4.79 Å². The van der Waals surface area contributed by atoms with E-state index in [4.69, 9.17) is 5.26 Å². The van der Waals surface area contributed by atoms with E-state index in [0.717, 1.165) is 5.69 Å². The van der Waals surface area contributed by atoms with Gasteiger partial charge >= 0.3 is 0 Å². The average Bonchev–Trinajstić information content (AvgIpc) is 2.28. The fraction of sp³-hybridized carbons (Fsp3) is 0.167. The summed E-state index contributed by atoms with van der Waals surface area (Å²) in [5, 5.41) is 11.7. The minimum absolute atomic E-state index is 0.1000. The van der Waals surface area contributed by atoms with E-state index in [9.17, 15) is 4.79 Å². The lowest BCUT2D eigenvalue weighted by molar-refractivity contribution is -0.115. The minimum Gasteiger partial charge on any atom is -0.357 e. The first kappa shape index (κ1) is 10.2. The maximum atomic E-state index is 11.5. The quantitative estimate of drug-likeness (QED) is 0.757. The van der Waals surface area contributed by atoms with Crippen molar-refractivity contribution in [3.05, 3.63) is 36.4 Å². The van der Waals surface area contributed by atoms with Gasteiger partial charge in [-0.1, -0.05) is 12.1 Å². The Kier molecular flexibility index (Phi) is 2.61. The number of carbonyl (C=O) groups is 1. The molecule has 0 radical (unpaired) electrons. The summed E-state index contributed by atoms with van der Waals surface area (Å²) in [5.74, 6) is -0.1000. The summed E-state index contributed by atoms with van der Waals surface area (Å²) in [6, 6.07) is 7.46. The zero-order chi connectivity index (χ0) is 11.5. The Labute approximate surface area is 93.8 Å². The molecule has 0 fully saturated rings. The van der Waals surface area contributed by atoms with Crippen LogP contribution in [0.15, 0.2) is 30.9 Å². The molecule has 0 bridgehead atoms. The van der Waals surface area contributed by atoms with Crippen molar-refractivity contribution in [3.8, 4) is 6.07 Å². The van der Waals surface area contributed by atoms with Crippen molar-refractivity contribution < 1.29 is 4.79 Å². The first-order valence-corrected chi connectivity index (χ1v) is 4.95. The van der Waals surface area contributed by atoms with Crippen molar-refractivity contribution in [2.24, 2.45) is 0 Å². The normalized spacial score (nSPS) is 13.7. The highest BCUT2D eigenvalue weighted by Crippen LogP contribution is 2.31. The van der Waals surface area contributed by atoms with Gasteiger partial charge < -0.3 is 10.2 Å². The monoisotopic (exact) mass is 213 g/mol. The van der Waals surface area contributed by atoms with Crippen LogP contribution in [0.5, 0.6) is 0 Å². The van der Waals surface area contributed by atoms with Gasteiger partial charge in [-0.05, 0) is 12.1 Å². The van der Waals surface area contributed by atoms with Crippen LogP contribution in [0.25, 0.3) is 0 Å². The second-order valence-corrected chi connectivity index (χ2v) is 3.53. The van der Waals surface area contributed by atoms with Crippen LogP contribution in [0.3, 0.4) is 0 Å². The summed E-state index contributed by atoms with van der Waals surface area (Å²) < 4.78 is 0. The van der Waals surface area contributed by atoms with Crippen LogP contribution >= 0.6 is 0 Å². The molecule has 0 aromatic heterocycles. The first-order valence-electron chi connectivity index (χ1n) is 4.95. The fourth-order valence-electron chi connectivity index (χ4n) is 1.78. The third kappa shape index (κ3) is 1.63. The van der Waals surface area contributed by atoms with E-state index in [0.29, 0.717) is 24.3 Å². The number of para-hydroxylation sites is 1. The fourth-order valence-corrected chi connectivity index (χ4v) is 1.78. The summed E-state index contributed by atoms with van der Waals surface area (Å²) in [5.41, 5.74) is 1.96. The van der Waals surface area contributed by atoms with Crippen molar-refractivity contribution in [1.29, 1.82) is 5.26 Å². The predicted molar refractivity (Wildman–Crippen MR) is 62.2 cm³/mol. The van der Waals surface area contributed by atoms with Crippen LogP contribution < -0.4 is 10.2 Å². The van der Waals surface area contributed by atoms with Crippen molar-refractivity contribution in [2.45, 2.75) is 0 Å². The second kappa shape index (κ2) is 4.07. The lowest BCUT2D eigenvalue weighted by Gasteiger charge is -2.30. The van der Waals surface area contributed by atoms with E-state index >= 15 is 0 Å². The lowest BCUT2D eigenvalue weighted by atomic mass is 10.1. The molecule has 1 amide bonds. The number of hydrogen-bond donors (Lipinski definition) is 1. The number of rotatable bonds is 2. The Bertz CT molecular complexity index is 488. The maximum absolute atomic E-state index is 11.5. The molecular weight excluding hydrogens is 202 g/mol. The highest BCUT2D eigenvalue weighted by atomic mass is 16.2. The molecular formula is C12H11N3O. The summed E-state index contributed by atoms with van der Waals surface area (Å²) in [6.45, 7) is 4.55. The van der Waals surface area contributed by atoms with Gasteiger partial charge in [0, 0.05) is 6.54 Å². The highest BCUT2D eigenvalue weighted by Gasteiger charge is 2.22. The molecule has 1 heterocycles. The molecule has 4 heteroatoms. The van der Waals surface area contributed by atoms with E-state index in [1.807, 2.05) is 17.0 Å². The van der Waals surface area contributed by atoms with Gasteiger partial charge in [0.25, 0.3) is 0 Å². The smallest absolute Gasteiger partial charge is 0.243 e. The zero-order valence-corrected chi connectivity index (χ0v) is 8.73. The number of anilines is 2. The summed E-state index contributed by atoms with van der Waals surface area (Å²) >= 11 is 0. The van der Waals surface area contributed by atoms with E-state index in [-0.39, 0.29) is 5.91 Å². The summed E-state index contributed by atoms with van der Waals surface area (Å²) in [4.78, 5) is 13.4. The number of nitriles is 1. The standard InChI is InChI=1S/C12H11N3O/c1-2-6-15-8-11(16)14-12-9(7-13)4-3-5-10(12)15/h2-5H,1,6,8H2,(H,14,16). The molecule has 1 N–H and O–H groups in total. The number of fused-ring (bicyclic) bond motifs is 1. The molecule has 4 nitrogen and oxygen atoms in total. The lowest BCUT2D eigenvalue weighted by Crippen LogP contribution is -2.38. The van der Waals surface area contributed by atoms with Crippen LogP contribution in [0.1, 0.15) is 5.56 Å². The Morgan fingerprint density at radius 1 is 1.62 bits per heavy atom. The van der Waals surface area contributed by atoms with E-state index in [2.05, 4.69) is 18.0 Å². The Morgan fingerprint density at radius 3 is 3.12 bits per heavy atom. The first-order chi connectivity index (χ1) is 7.76. The van der Waals surface area contributed by atoms with Crippen LogP contribution in [0.2, 0.25) is 0 Å². The van der Waals surface area contributed by atoms with E-state index in [1.165, 1.54) is 0 Å². The van der Waals surface area contributed by atoms with Crippen LogP contribution in [0.4, 0.5) is 11.4 Å². The van der Waals surface area contributed by atoms with Gasteiger partial charge in [-0.3, -0.25) is 4.79 Å². The largest absolute Gasteiger partial charge is 0.357 e. The average molecular weight is 213 g/mol. The molecule has 0 atom stereocenters. The topological polar surface area (TPSA) is 56.1 Å². The molecule has 0 saturated heterocycles. The Hall–Kier alpha value is -2.28. The second-order valence-electron chi connectivity index (χ2n) is 3.53. The molecule has 0 aliphatic carbocycles. The van der Waals surface area contributed by atoms with Gasteiger partial charge in [-0.15, -0.1) is 6.58 Å². The number of nitrogens with one attached hydrogen (secondary N) is 1. The summed E-state index contributed by atoms with van der Waals surface area (Å²) in [7, 11) is 0. The van der Waals surface area contributed by atoms with Gasteiger partial charge in [0.05, 0.1) is 23.5 Å². The molecule has 0 saturated carbocycles. The predicted octanol–water partition coefficient (Wildman–Crippen LogP) is 1.50. The number of amides is 1. The number of nitrogens with zero attached hydrogens (tertiary/aromatic N) is 2. The van der Waals surface area contributed by atoms with Crippen molar-refractivity contribution >= 4 is 17.3 Å². The molecule has 1 aromatic rings. The van der Waals surface area contributed by atoms with Gasteiger partial charge in [0.2, 0.25) is 5.91 Å². The highest BCUT2D eigenvalue weighted by molar-refractivity contribution is 6.02. The zero-order valence-electron chi connectivity index (χ0n) is 8.73. The van der Waals surface area contributed by atoms with Gasteiger partial charge in [-0.2, -0.15) is 5.26 Å². The van der Waals surface area contributed by atoms with Crippen molar-refractivity contribution in [3.63, 3.8) is 0 Å². The number of carbonyl (C=O) groups excluding carboxylic acids is 1. The number of hydrogen-bond acceptors (Lipinski definition) is 3. The van der Waals surface area contributed by atoms with Gasteiger partial charge in [0.15, 0.2) is 0 Å². The molecule has 80 valence electrons. The molecule has 16 heavy (non-hydrogen) atoms. The Balaban J connectivity index is 2.51. The van der Waals surface area contributed by atoms with Gasteiger partial charge in [-0.25, -0.2) is 0 Å². The van der Waals surface area contributed by atoms with E-state index < -0.39 is 0 Å². The molecule has 1 aliphatic heterocycles. The molecule has 1 aliphatic rings. The SMILES string of the molecule is C=CCN1CC(=O)Nc2c(C#N)cccc21. The van der Waals surface area contributed by atoms with Crippen molar-refractivity contribution in [2.75, 3.05) is 23.3 Å². The third-order valence-electron chi connectivity index (χ3n) is 2.45. The molecule has 0 unspecified atom stereocenters. The molecule has 1 aromatic carbocycles. The van der Waals surface area contributed by atoms with E-state index in [1.54, 1.807) is 12.1 Å². The molecule has 2 rings (SSSR count). The van der Waals surface area contributed by atoms with Crippen LogP contribution in [-0.4, -0.2) is 19.0 Å². The molecule has 0 spiro atoms. The third-order valence-corrected chi connectivity index (χ3v) is 2.45. The maximum Gasteiger partial charge on any atom is 0.243 e. The van der Waals surface area contributed by atoms with Gasteiger partial charge in [0.1, 0.15) is 6.07 Å².